The highest BCUT2D eigenvalue weighted by molar-refractivity contribution is 5.85. The van der Waals surface area contributed by atoms with Crippen LogP contribution in [0.3, 0.4) is 0 Å². The standard InChI is InChI=1S/C10H13N5.ClH/c1-14(8-2-3-8)10-12-9-6-7(11)4-5-15(9)13-10;/h4-6,8H,2-3,11H2,1H3;1H. The minimum absolute atomic E-state index is 0. The van der Waals surface area contributed by atoms with Gasteiger partial charge >= 0.3 is 0 Å². The molecule has 2 heterocycles. The Labute approximate surface area is 99.7 Å². The van der Waals surface area contributed by atoms with E-state index in [0.29, 0.717) is 6.04 Å². The number of rotatable bonds is 2. The van der Waals surface area contributed by atoms with Gasteiger partial charge in [-0.3, -0.25) is 0 Å². The van der Waals surface area contributed by atoms with Crippen LogP contribution in [0.2, 0.25) is 0 Å². The highest BCUT2D eigenvalue weighted by Crippen LogP contribution is 2.28. The van der Waals surface area contributed by atoms with Crippen molar-refractivity contribution >= 4 is 29.7 Å². The molecule has 0 aliphatic heterocycles. The van der Waals surface area contributed by atoms with Crippen LogP contribution in [0.4, 0.5) is 11.6 Å². The molecule has 0 amide bonds. The van der Waals surface area contributed by atoms with Gasteiger partial charge in [0, 0.05) is 31.0 Å². The van der Waals surface area contributed by atoms with E-state index < -0.39 is 0 Å². The van der Waals surface area contributed by atoms with Crippen molar-refractivity contribution in [3.8, 4) is 0 Å². The maximum atomic E-state index is 5.69. The molecule has 86 valence electrons. The zero-order valence-corrected chi connectivity index (χ0v) is 9.81. The maximum absolute atomic E-state index is 5.69. The van der Waals surface area contributed by atoms with Crippen molar-refractivity contribution in [2.75, 3.05) is 17.7 Å². The van der Waals surface area contributed by atoms with Crippen LogP contribution in [0.15, 0.2) is 18.3 Å². The number of nitrogen functional groups attached to an aromatic ring is 1. The van der Waals surface area contributed by atoms with E-state index in [1.54, 1.807) is 4.52 Å². The molecule has 3 rings (SSSR count). The second-order valence-corrected chi connectivity index (χ2v) is 4.02. The zero-order chi connectivity index (χ0) is 10.4. The third kappa shape index (κ3) is 1.78. The first kappa shape index (κ1) is 11.0. The van der Waals surface area contributed by atoms with E-state index in [1.165, 1.54) is 12.8 Å². The summed E-state index contributed by atoms with van der Waals surface area (Å²) in [6, 6.07) is 4.28. The van der Waals surface area contributed by atoms with Crippen LogP contribution in [-0.4, -0.2) is 27.7 Å². The zero-order valence-electron chi connectivity index (χ0n) is 9.00. The molecule has 2 aromatic rings. The number of nitrogens with zero attached hydrogens (tertiary/aromatic N) is 4. The van der Waals surface area contributed by atoms with Crippen LogP contribution in [0.5, 0.6) is 0 Å². The minimum atomic E-state index is 0. The lowest BCUT2D eigenvalue weighted by Crippen LogP contribution is -2.20. The monoisotopic (exact) mass is 239 g/mol. The van der Waals surface area contributed by atoms with E-state index in [0.717, 1.165) is 17.3 Å². The lowest BCUT2D eigenvalue weighted by molar-refractivity contribution is 0.847. The van der Waals surface area contributed by atoms with Crippen LogP contribution < -0.4 is 10.6 Å². The van der Waals surface area contributed by atoms with Crippen molar-refractivity contribution in [2.24, 2.45) is 0 Å². The Bertz CT molecular complexity index is 505. The number of hydrogen-bond acceptors (Lipinski definition) is 4. The Morgan fingerprint density at radius 1 is 1.50 bits per heavy atom. The van der Waals surface area contributed by atoms with Crippen molar-refractivity contribution in [3.05, 3.63) is 18.3 Å². The Morgan fingerprint density at radius 3 is 2.94 bits per heavy atom. The van der Waals surface area contributed by atoms with Crippen LogP contribution in [0.1, 0.15) is 12.8 Å². The van der Waals surface area contributed by atoms with Crippen molar-refractivity contribution in [2.45, 2.75) is 18.9 Å². The van der Waals surface area contributed by atoms with Gasteiger partial charge in [0.05, 0.1) is 0 Å². The van der Waals surface area contributed by atoms with Crippen molar-refractivity contribution in [1.82, 2.24) is 14.6 Å². The summed E-state index contributed by atoms with van der Waals surface area (Å²) in [6.45, 7) is 0. The quantitative estimate of drug-likeness (QED) is 0.859. The van der Waals surface area contributed by atoms with Gasteiger partial charge in [-0.05, 0) is 18.9 Å². The Hall–Kier alpha value is -1.49. The average molecular weight is 240 g/mol. The minimum Gasteiger partial charge on any atom is -0.399 e. The number of anilines is 2. The average Bonchev–Trinajstić information content (AvgIpc) is 2.97. The van der Waals surface area contributed by atoms with Gasteiger partial charge in [0.2, 0.25) is 5.95 Å². The van der Waals surface area contributed by atoms with Gasteiger partial charge in [-0.25, -0.2) is 4.52 Å². The summed E-state index contributed by atoms with van der Waals surface area (Å²) in [4.78, 5) is 6.56. The predicted molar refractivity (Wildman–Crippen MR) is 66.1 cm³/mol. The third-order valence-electron chi connectivity index (χ3n) is 2.76. The van der Waals surface area contributed by atoms with Gasteiger partial charge in [-0.15, -0.1) is 17.5 Å². The van der Waals surface area contributed by atoms with Crippen LogP contribution in [0, 0.1) is 0 Å². The smallest absolute Gasteiger partial charge is 0.245 e. The van der Waals surface area contributed by atoms with Crippen molar-refractivity contribution < 1.29 is 0 Å². The molecule has 6 heteroatoms. The second-order valence-electron chi connectivity index (χ2n) is 4.02. The summed E-state index contributed by atoms with van der Waals surface area (Å²) in [6.07, 6.45) is 4.32. The van der Waals surface area contributed by atoms with Crippen LogP contribution in [0.25, 0.3) is 5.65 Å². The first-order chi connectivity index (χ1) is 7.24. The Balaban J connectivity index is 0.000000963. The van der Waals surface area contributed by atoms with Gasteiger partial charge in [-0.2, -0.15) is 4.98 Å². The van der Waals surface area contributed by atoms with E-state index in [4.69, 9.17) is 5.73 Å². The number of nitrogens with two attached hydrogens (primary N) is 1. The number of fused-ring (bicyclic) bond motifs is 1. The molecule has 0 spiro atoms. The molecule has 0 radical (unpaired) electrons. The molecule has 16 heavy (non-hydrogen) atoms. The molecule has 0 saturated heterocycles. The molecule has 2 aromatic heterocycles. The van der Waals surface area contributed by atoms with E-state index in [9.17, 15) is 0 Å². The molecule has 1 fully saturated rings. The van der Waals surface area contributed by atoms with E-state index >= 15 is 0 Å². The molecule has 5 nitrogen and oxygen atoms in total. The lowest BCUT2D eigenvalue weighted by Gasteiger charge is -2.11. The summed E-state index contributed by atoms with van der Waals surface area (Å²) < 4.78 is 1.75. The molecular weight excluding hydrogens is 226 g/mol. The van der Waals surface area contributed by atoms with Crippen molar-refractivity contribution in [3.63, 3.8) is 0 Å². The first-order valence-corrected chi connectivity index (χ1v) is 5.09. The highest BCUT2D eigenvalue weighted by atomic mass is 35.5. The molecule has 0 atom stereocenters. The number of hydrogen-bond donors (Lipinski definition) is 1. The summed E-state index contributed by atoms with van der Waals surface area (Å²) in [5.74, 6) is 0.781. The first-order valence-electron chi connectivity index (χ1n) is 5.09. The Morgan fingerprint density at radius 2 is 2.25 bits per heavy atom. The fourth-order valence-electron chi connectivity index (χ4n) is 1.66. The molecule has 1 saturated carbocycles. The van der Waals surface area contributed by atoms with Crippen LogP contribution in [-0.2, 0) is 0 Å². The predicted octanol–water partition coefficient (Wildman–Crippen LogP) is 1.33. The fraction of sp³-hybridized carbons (Fsp3) is 0.400. The van der Waals surface area contributed by atoms with Gasteiger partial charge in [0.1, 0.15) is 0 Å². The summed E-state index contributed by atoms with van der Waals surface area (Å²) in [5, 5.41) is 4.39. The Kier molecular flexibility index (Phi) is 2.63. The summed E-state index contributed by atoms with van der Waals surface area (Å²) in [7, 11) is 2.04. The molecule has 0 unspecified atom stereocenters. The number of pyridine rings is 1. The van der Waals surface area contributed by atoms with Gasteiger partial charge in [0.25, 0.3) is 0 Å². The molecule has 2 N–H and O–H groups in total. The largest absolute Gasteiger partial charge is 0.399 e. The second kappa shape index (κ2) is 3.83. The molecular formula is C10H14ClN5. The van der Waals surface area contributed by atoms with E-state index in [1.807, 2.05) is 25.4 Å². The van der Waals surface area contributed by atoms with E-state index in [2.05, 4.69) is 15.0 Å². The van der Waals surface area contributed by atoms with Gasteiger partial charge < -0.3 is 10.6 Å². The van der Waals surface area contributed by atoms with Crippen molar-refractivity contribution in [1.29, 1.82) is 0 Å². The molecule has 1 aliphatic carbocycles. The number of aromatic nitrogens is 3. The van der Waals surface area contributed by atoms with E-state index in [-0.39, 0.29) is 12.4 Å². The fourth-order valence-corrected chi connectivity index (χ4v) is 1.66. The summed E-state index contributed by atoms with van der Waals surface area (Å²) >= 11 is 0. The lowest BCUT2D eigenvalue weighted by atomic mass is 10.4. The third-order valence-corrected chi connectivity index (χ3v) is 2.76. The highest BCUT2D eigenvalue weighted by Gasteiger charge is 2.28. The summed E-state index contributed by atoms with van der Waals surface area (Å²) in [5.41, 5.74) is 7.21. The molecule has 1 aliphatic rings. The van der Waals surface area contributed by atoms with Crippen LogP contribution >= 0.6 is 12.4 Å². The number of halogens is 1. The molecule has 0 bridgehead atoms. The van der Waals surface area contributed by atoms with Gasteiger partial charge in [0.15, 0.2) is 5.65 Å². The van der Waals surface area contributed by atoms with Gasteiger partial charge in [-0.1, -0.05) is 0 Å². The topological polar surface area (TPSA) is 59.5 Å². The molecule has 0 aromatic carbocycles. The normalized spacial score (nSPS) is 14.8. The maximum Gasteiger partial charge on any atom is 0.245 e. The SMILES string of the molecule is CN(c1nc2cc(N)ccn2n1)C1CC1.Cl.